The molecule has 3 N–H and O–H groups in total. The predicted octanol–water partition coefficient (Wildman–Crippen LogP) is 2.38. The molecule has 1 aliphatic rings. The lowest BCUT2D eigenvalue weighted by Crippen LogP contribution is -2.37. The van der Waals surface area contributed by atoms with E-state index in [9.17, 15) is 8.42 Å². The zero-order valence-electron chi connectivity index (χ0n) is 12.8. The monoisotopic (exact) mass is 312 g/mol. The van der Waals surface area contributed by atoms with Crippen LogP contribution in [-0.2, 0) is 10.0 Å². The average Bonchev–Trinajstić information content (AvgIpc) is 2.79. The summed E-state index contributed by atoms with van der Waals surface area (Å²) in [6.45, 7) is 4.27. The molecule has 0 amide bonds. The number of sulfonamides is 1. The number of nitrogens with one attached hydrogen (secondary N) is 1. The smallest absolute Gasteiger partial charge is 0.244 e. The largest absolute Gasteiger partial charge is 0.495 e. The van der Waals surface area contributed by atoms with Gasteiger partial charge in [0.2, 0.25) is 10.0 Å². The van der Waals surface area contributed by atoms with Gasteiger partial charge >= 0.3 is 0 Å². The van der Waals surface area contributed by atoms with Gasteiger partial charge in [0, 0.05) is 11.7 Å². The third-order valence-electron chi connectivity index (χ3n) is 4.53. The molecule has 3 unspecified atom stereocenters. The molecule has 21 heavy (non-hydrogen) atoms. The van der Waals surface area contributed by atoms with Crippen molar-refractivity contribution in [3.8, 4) is 5.75 Å². The standard InChI is InChI=1S/C15H24N2O3S/c1-4-11-5-7-13(10(11)2)17-21(18,19)15-9-12(16)6-8-14(15)20-3/h6,8-11,13,17H,4-5,7,16H2,1-3H3. The van der Waals surface area contributed by atoms with E-state index in [-0.39, 0.29) is 10.9 Å². The van der Waals surface area contributed by atoms with Crippen molar-refractivity contribution in [3.63, 3.8) is 0 Å². The molecule has 0 saturated heterocycles. The molecule has 0 aromatic heterocycles. The van der Waals surface area contributed by atoms with Crippen LogP contribution in [0.25, 0.3) is 0 Å². The molecule has 5 nitrogen and oxygen atoms in total. The summed E-state index contributed by atoms with van der Waals surface area (Å²) >= 11 is 0. The zero-order chi connectivity index (χ0) is 15.6. The Balaban J connectivity index is 2.25. The first-order chi connectivity index (χ1) is 9.89. The Morgan fingerprint density at radius 2 is 2.10 bits per heavy atom. The van der Waals surface area contributed by atoms with E-state index in [0.29, 0.717) is 23.3 Å². The fourth-order valence-electron chi connectivity index (χ4n) is 3.16. The van der Waals surface area contributed by atoms with Gasteiger partial charge in [-0.05, 0) is 42.9 Å². The first-order valence-electron chi connectivity index (χ1n) is 7.35. The van der Waals surface area contributed by atoms with Gasteiger partial charge in [0.1, 0.15) is 10.6 Å². The molecule has 118 valence electrons. The highest BCUT2D eigenvalue weighted by molar-refractivity contribution is 7.89. The summed E-state index contributed by atoms with van der Waals surface area (Å²) < 4.78 is 33.2. The van der Waals surface area contributed by atoms with Crippen LogP contribution < -0.4 is 15.2 Å². The lowest BCUT2D eigenvalue weighted by molar-refractivity contribution is 0.367. The van der Waals surface area contributed by atoms with Crippen LogP contribution in [0.4, 0.5) is 5.69 Å². The Hall–Kier alpha value is -1.27. The van der Waals surface area contributed by atoms with Crippen molar-refractivity contribution in [1.82, 2.24) is 4.72 Å². The van der Waals surface area contributed by atoms with Crippen molar-refractivity contribution in [2.75, 3.05) is 12.8 Å². The second-order valence-electron chi connectivity index (χ2n) is 5.74. The normalized spacial score (nSPS) is 26.0. The average molecular weight is 312 g/mol. The van der Waals surface area contributed by atoms with Crippen molar-refractivity contribution < 1.29 is 13.2 Å². The number of methoxy groups -OCH3 is 1. The van der Waals surface area contributed by atoms with Crippen LogP contribution in [0.1, 0.15) is 33.1 Å². The minimum Gasteiger partial charge on any atom is -0.495 e. The van der Waals surface area contributed by atoms with Gasteiger partial charge in [-0.25, -0.2) is 13.1 Å². The highest BCUT2D eigenvalue weighted by Gasteiger charge is 2.35. The molecule has 0 aliphatic heterocycles. The van der Waals surface area contributed by atoms with Crippen molar-refractivity contribution in [3.05, 3.63) is 18.2 Å². The number of nitrogens with two attached hydrogens (primary N) is 1. The first kappa shape index (κ1) is 16.1. The predicted molar refractivity (Wildman–Crippen MR) is 83.7 cm³/mol. The molecule has 0 bridgehead atoms. The Morgan fingerprint density at radius 1 is 1.38 bits per heavy atom. The first-order valence-corrected chi connectivity index (χ1v) is 8.83. The molecule has 6 heteroatoms. The highest BCUT2D eigenvalue weighted by Crippen LogP contribution is 2.35. The summed E-state index contributed by atoms with van der Waals surface area (Å²) in [7, 11) is -2.17. The summed E-state index contributed by atoms with van der Waals surface area (Å²) in [6.07, 6.45) is 3.03. The number of anilines is 1. The fourth-order valence-corrected chi connectivity index (χ4v) is 4.72. The van der Waals surface area contributed by atoms with Crippen LogP contribution in [0, 0.1) is 11.8 Å². The maximum absolute atomic E-state index is 12.6. The van der Waals surface area contributed by atoms with Crippen molar-refractivity contribution >= 4 is 15.7 Å². The van der Waals surface area contributed by atoms with Gasteiger partial charge in [-0.1, -0.05) is 20.3 Å². The Bertz CT molecular complexity index is 601. The maximum Gasteiger partial charge on any atom is 0.244 e. The lowest BCUT2D eigenvalue weighted by Gasteiger charge is -2.21. The summed E-state index contributed by atoms with van der Waals surface area (Å²) in [6, 6.07) is 4.63. The van der Waals surface area contributed by atoms with Gasteiger partial charge in [0.05, 0.1) is 7.11 Å². The topological polar surface area (TPSA) is 81.4 Å². The second kappa shape index (κ2) is 6.23. The number of nitrogen functional groups attached to an aromatic ring is 1. The number of hydrogen-bond acceptors (Lipinski definition) is 4. The van der Waals surface area contributed by atoms with E-state index in [4.69, 9.17) is 10.5 Å². The Labute approximate surface area is 126 Å². The van der Waals surface area contributed by atoms with Crippen LogP contribution in [0.2, 0.25) is 0 Å². The molecule has 0 heterocycles. The summed E-state index contributed by atoms with van der Waals surface area (Å²) in [5.41, 5.74) is 6.11. The van der Waals surface area contributed by atoms with E-state index in [2.05, 4.69) is 18.6 Å². The minimum absolute atomic E-state index is 0.0221. The molecule has 1 fully saturated rings. The fraction of sp³-hybridized carbons (Fsp3) is 0.600. The summed E-state index contributed by atoms with van der Waals surface area (Å²) in [5, 5.41) is 0. The highest BCUT2D eigenvalue weighted by atomic mass is 32.2. The van der Waals surface area contributed by atoms with Crippen LogP contribution in [0.5, 0.6) is 5.75 Å². The molecule has 0 radical (unpaired) electrons. The van der Waals surface area contributed by atoms with Gasteiger partial charge in [0.25, 0.3) is 0 Å². The number of ether oxygens (including phenoxy) is 1. The van der Waals surface area contributed by atoms with E-state index >= 15 is 0 Å². The molecule has 1 aliphatic carbocycles. The number of rotatable bonds is 5. The van der Waals surface area contributed by atoms with Gasteiger partial charge in [-0.3, -0.25) is 0 Å². The number of benzene rings is 1. The van der Waals surface area contributed by atoms with E-state index in [1.165, 1.54) is 13.2 Å². The maximum atomic E-state index is 12.6. The van der Waals surface area contributed by atoms with Crippen LogP contribution in [-0.4, -0.2) is 21.6 Å². The SMILES string of the molecule is CCC1CCC(NS(=O)(=O)c2cc(N)ccc2OC)C1C. The van der Waals surface area contributed by atoms with Crippen LogP contribution in [0.3, 0.4) is 0 Å². The van der Waals surface area contributed by atoms with Crippen LogP contribution >= 0.6 is 0 Å². The summed E-state index contributed by atoms with van der Waals surface area (Å²) in [4.78, 5) is 0.108. The molecule has 3 atom stereocenters. The van der Waals surface area contributed by atoms with Gasteiger partial charge in [-0.2, -0.15) is 0 Å². The van der Waals surface area contributed by atoms with E-state index in [1.54, 1.807) is 12.1 Å². The molecule has 2 rings (SSSR count). The lowest BCUT2D eigenvalue weighted by atomic mass is 9.94. The quantitative estimate of drug-likeness (QED) is 0.818. The Morgan fingerprint density at radius 3 is 2.67 bits per heavy atom. The Kier molecular flexibility index (Phi) is 4.78. The van der Waals surface area contributed by atoms with E-state index in [0.717, 1.165) is 19.3 Å². The molecular formula is C15H24N2O3S. The van der Waals surface area contributed by atoms with Crippen molar-refractivity contribution in [2.45, 2.75) is 44.0 Å². The molecule has 0 spiro atoms. The number of hydrogen-bond donors (Lipinski definition) is 2. The van der Waals surface area contributed by atoms with E-state index < -0.39 is 10.0 Å². The summed E-state index contributed by atoms with van der Waals surface area (Å²) in [5.74, 6) is 1.24. The zero-order valence-corrected chi connectivity index (χ0v) is 13.6. The molecule has 1 aromatic rings. The van der Waals surface area contributed by atoms with Gasteiger partial charge < -0.3 is 10.5 Å². The van der Waals surface area contributed by atoms with Crippen molar-refractivity contribution in [1.29, 1.82) is 0 Å². The molecule has 1 saturated carbocycles. The molecule has 1 aromatic carbocycles. The minimum atomic E-state index is -3.63. The van der Waals surface area contributed by atoms with Crippen molar-refractivity contribution in [2.24, 2.45) is 11.8 Å². The third-order valence-corrected chi connectivity index (χ3v) is 6.05. The second-order valence-corrected chi connectivity index (χ2v) is 7.43. The van der Waals surface area contributed by atoms with Crippen LogP contribution in [0.15, 0.2) is 23.1 Å². The van der Waals surface area contributed by atoms with E-state index in [1.807, 2.05) is 0 Å². The van der Waals surface area contributed by atoms with Gasteiger partial charge in [0.15, 0.2) is 0 Å². The van der Waals surface area contributed by atoms with Gasteiger partial charge in [-0.15, -0.1) is 0 Å². The molecular weight excluding hydrogens is 288 g/mol. The third kappa shape index (κ3) is 3.32.